The lowest BCUT2D eigenvalue weighted by Crippen LogP contribution is -1.93. The van der Waals surface area contributed by atoms with Crippen LogP contribution in [0.5, 0.6) is 0 Å². The number of ether oxygens (including phenoxy) is 1. The van der Waals surface area contributed by atoms with Crippen LogP contribution < -0.4 is 0 Å². The standard InChI is InChI=1S/C18H32O3/c1-2-3-4-10-13-16-17(21-16)14-11-8-6-5-7-9-12-15-18(19)20/h8,11,16-17H,2-7,9-10,12-15H2,1H3,(H,19,20)/b11-8-/t16-,17-/m1/s1. The van der Waals surface area contributed by atoms with E-state index in [1.807, 2.05) is 0 Å². The number of rotatable bonds is 14. The summed E-state index contributed by atoms with van der Waals surface area (Å²) in [6.07, 6.45) is 18.7. The fourth-order valence-electron chi connectivity index (χ4n) is 2.65. The molecule has 0 radical (unpaired) electrons. The summed E-state index contributed by atoms with van der Waals surface area (Å²) >= 11 is 0. The SMILES string of the molecule is CCCCCC[C@H]1O[C@@H]1C/C=C\CCCCCCC(=O)O. The minimum atomic E-state index is -0.677. The Hall–Kier alpha value is -0.830. The van der Waals surface area contributed by atoms with Crippen molar-refractivity contribution in [1.29, 1.82) is 0 Å². The summed E-state index contributed by atoms with van der Waals surface area (Å²) in [6.45, 7) is 2.24. The van der Waals surface area contributed by atoms with E-state index < -0.39 is 5.97 Å². The van der Waals surface area contributed by atoms with Gasteiger partial charge in [-0.05, 0) is 32.1 Å². The van der Waals surface area contributed by atoms with E-state index in [-0.39, 0.29) is 0 Å². The smallest absolute Gasteiger partial charge is 0.303 e. The fourth-order valence-corrected chi connectivity index (χ4v) is 2.65. The van der Waals surface area contributed by atoms with Gasteiger partial charge in [-0.1, -0.05) is 57.6 Å². The molecule has 0 bridgehead atoms. The summed E-state index contributed by atoms with van der Waals surface area (Å²) in [5.41, 5.74) is 0. The lowest BCUT2D eigenvalue weighted by atomic mass is 10.1. The van der Waals surface area contributed by atoms with Crippen molar-refractivity contribution in [1.82, 2.24) is 0 Å². The number of carbonyl (C=O) groups is 1. The molecule has 3 heteroatoms. The molecule has 0 spiro atoms. The maximum Gasteiger partial charge on any atom is 0.303 e. The second-order valence-electron chi connectivity index (χ2n) is 6.12. The van der Waals surface area contributed by atoms with Crippen molar-refractivity contribution in [3.8, 4) is 0 Å². The van der Waals surface area contributed by atoms with E-state index >= 15 is 0 Å². The van der Waals surface area contributed by atoms with Gasteiger partial charge in [-0.25, -0.2) is 0 Å². The third-order valence-corrected chi connectivity index (χ3v) is 4.08. The highest BCUT2D eigenvalue weighted by atomic mass is 16.6. The van der Waals surface area contributed by atoms with Crippen LogP contribution in [-0.4, -0.2) is 23.3 Å². The second-order valence-corrected chi connectivity index (χ2v) is 6.12. The average Bonchev–Trinajstić information content (AvgIpc) is 3.20. The summed E-state index contributed by atoms with van der Waals surface area (Å²) in [4.78, 5) is 10.3. The van der Waals surface area contributed by atoms with Crippen LogP contribution in [0.15, 0.2) is 12.2 Å². The molecule has 3 nitrogen and oxygen atoms in total. The number of epoxide rings is 1. The van der Waals surface area contributed by atoms with E-state index in [0.29, 0.717) is 18.6 Å². The van der Waals surface area contributed by atoms with Gasteiger partial charge in [0.05, 0.1) is 12.2 Å². The maximum absolute atomic E-state index is 10.3. The van der Waals surface area contributed by atoms with Gasteiger partial charge >= 0.3 is 5.97 Å². The molecule has 1 heterocycles. The highest BCUT2D eigenvalue weighted by molar-refractivity contribution is 5.66. The molecule has 1 aliphatic rings. The Balaban J connectivity index is 1.82. The molecule has 1 rings (SSSR count). The quantitative estimate of drug-likeness (QED) is 0.276. The minimum absolute atomic E-state index is 0.314. The Labute approximate surface area is 129 Å². The zero-order valence-corrected chi connectivity index (χ0v) is 13.6. The van der Waals surface area contributed by atoms with Gasteiger partial charge in [0.15, 0.2) is 0 Å². The number of hydrogen-bond donors (Lipinski definition) is 1. The maximum atomic E-state index is 10.3. The fraction of sp³-hybridized carbons (Fsp3) is 0.833. The molecule has 1 N–H and O–H groups in total. The molecule has 0 aromatic carbocycles. The highest BCUT2D eigenvalue weighted by Crippen LogP contribution is 2.30. The molecular formula is C18H32O3. The highest BCUT2D eigenvalue weighted by Gasteiger charge is 2.36. The zero-order valence-electron chi connectivity index (χ0n) is 13.6. The predicted octanol–water partition coefficient (Wildman–Crippen LogP) is 5.10. The van der Waals surface area contributed by atoms with E-state index in [0.717, 1.165) is 32.1 Å². The van der Waals surface area contributed by atoms with Gasteiger partial charge in [0.2, 0.25) is 0 Å². The molecule has 0 amide bonds. The number of carboxylic acid groups (broad SMARTS) is 1. The molecule has 1 saturated heterocycles. The van der Waals surface area contributed by atoms with Gasteiger partial charge in [0, 0.05) is 6.42 Å². The monoisotopic (exact) mass is 296 g/mol. The van der Waals surface area contributed by atoms with Crippen LogP contribution in [0.1, 0.15) is 84.0 Å². The topological polar surface area (TPSA) is 49.8 Å². The second kappa shape index (κ2) is 11.8. The first-order valence-corrected chi connectivity index (χ1v) is 8.76. The summed E-state index contributed by atoms with van der Waals surface area (Å²) in [6, 6.07) is 0. The van der Waals surface area contributed by atoms with Crippen LogP contribution in [0.4, 0.5) is 0 Å². The van der Waals surface area contributed by atoms with E-state index in [9.17, 15) is 4.79 Å². The lowest BCUT2D eigenvalue weighted by molar-refractivity contribution is -0.137. The molecule has 1 aliphatic heterocycles. The number of allylic oxidation sites excluding steroid dienone is 1. The van der Waals surface area contributed by atoms with Gasteiger partial charge in [-0.15, -0.1) is 0 Å². The van der Waals surface area contributed by atoms with Gasteiger partial charge in [0.25, 0.3) is 0 Å². The third-order valence-electron chi connectivity index (χ3n) is 4.08. The Bertz CT molecular complexity index is 299. The third kappa shape index (κ3) is 10.5. The molecule has 122 valence electrons. The van der Waals surface area contributed by atoms with Gasteiger partial charge in [0.1, 0.15) is 0 Å². The van der Waals surface area contributed by atoms with Crippen molar-refractivity contribution < 1.29 is 14.6 Å². The first kappa shape index (κ1) is 18.2. The minimum Gasteiger partial charge on any atom is -0.481 e. The molecular weight excluding hydrogens is 264 g/mol. The first-order chi connectivity index (χ1) is 10.2. The molecule has 0 aliphatic carbocycles. The number of carboxylic acids is 1. The molecule has 0 aromatic heterocycles. The summed E-state index contributed by atoms with van der Waals surface area (Å²) < 4.78 is 5.67. The molecule has 0 aromatic rings. The van der Waals surface area contributed by atoms with E-state index in [2.05, 4.69) is 19.1 Å². The lowest BCUT2D eigenvalue weighted by Gasteiger charge is -1.97. The van der Waals surface area contributed by atoms with Crippen molar-refractivity contribution in [2.75, 3.05) is 0 Å². The molecule has 1 fully saturated rings. The van der Waals surface area contributed by atoms with Crippen molar-refractivity contribution >= 4 is 5.97 Å². The first-order valence-electron chi connectivity index (χ1n) is 8.76. The van der Waals surface area contributed by atoms with Gasteiger partial charge in [-0.2, -0.15) is 0 Å². The molecule has 2 atom stereocenters. The predicted molar refractivity (Wildman–Crippen MR) is 86.5 cm³/mol. The Morgan fingerprint density at radius 2 is 1.76 bits per heavy atom. The van der Waals surface area contributed by atoms with Crippen LogP contribution in [0, 0.1) is 0 Å². The van der Waals surface area contributed by atoms with Crippen LogP contribution >= 0.6 is 0 Å². The number of hydrogen-bond acceptors (Lipinski definition) is 2. The van der Waals surface area contributed by atoms with E-state index in [1.165, 1.54) is 38.5 Å². The summed E-state index contributed by atoms with van der Waals surface area (Å²) in [7, 11) is 0. The van der Waals surface area contributed by atoms with Crippen molar-refractivity contribution in [3.63, 3.8) is 0 Å². The largest absolute Gasteiger partial charge is 0.481 e. The Morgan fingerprint density at radius 3 is 2.52 bits per heavy atom. The van der Waals surface area contributed by atoms with Gasteiger partial charge in [-0.3, -0.25) is 4.79 Å². The summed E-state index contributed by atoms with van der Waals surface area (Å²) in [5, 5.41) is 8.52. The Morgan fingerprint density at radius 1 is 1.00 bits per heavy atom. The average molecular weight is 296 g/mol. The van der Waals surface area contributed by atoms with Crippen LogP contribution in [-0.2, 0) is 9.53 Å². The Kier molecular flexibility index (Phi) is 10.2. The summed E-state index contributed by atoms with van der Waals surface area (Å²) in [5.74, 6) is -0.677. The molecule has 21 heavy (non-hydrogen) atoms. The normalized spacial score (nSPS) is 21.0. The van der Waals surface area contributed by atoms with Crippen molar-refractivity contribution in [3.05, 3.63) is 12.2 Å². The van der Waals surface area contributed by atoms with E-state index in [4.69, 9.17) is 9.84 Å². The zero-order chi connectivity index (χ0) is 15.3. The molecule has 0 unspecified atom stereocenters. The van der Waals surface area contributed by atoms with E-state index in [1.54, 1.807) is 0 Å². The number of aliphatic carboxylic acids is 1. The van der Waals surface area contributed by atoms with Gasteiger partial charge < -0.3 is 9.84 Å². The van der Waals surface area contributed by atoms with Crippen molar-refractivity contribution in [2.24, 2.45) is 0 Å². The van der Waals surface area contributed by atoms with Crippen LogP contribution in [0.3, 0.4) is 0 Å². The van der Waals surface area contributed by atoms with Crippen LogP contribution in [0.25, 0.3) is 0 Å². The van der Waals surface area contributed by atoms with Crippen molar-refractivity contribution in [2.45, 2.75) is 96.2 Å². The van der Waals surface area contributed by atoms with Crippen LogP contribution in [0.2, 0.25) is 0 Å². The molecule has 0 saturated carbocycles. The number of unbranched alkanes of at least 4 members (excludes halogenated alkanes) is 7.